The standard InChI is InChI=1S/C43H37BrN2O5S/c1-5-50-42(48)37-38(30-13-7-6-8-14-30)45-43-46(39(37)31-20-18-28(19-21-31)26(2)3)41(47)36(52-43)24-27-22-34(44)40(35(23-27)49-4)51-25-32-16-11-15-29-12-9-10-17-33(29)32/h6-24,26,39H,5,25H2,1-4H3/b36-24-/t39-/m1/s1. The third-order valence-electron chi connectivity index (χ3n) is 9.09. The van der Waals surface area contributed by atoms with Gasteiger partial charge in [0.15, 0.2) is 16.3 Å². The van der Waals surface area contributed by atoms with Crippen LogP contribution in [0.5, 0.6) is 11.5 Å². The average Bonchev–Trinajstić information content (AvgIpc) is 3.47. The van der Waals surface area contributed by atoms with Gasteiger partial charge in [-0.2, -0.15) is 0 Å². The van der Waals surface area contributed by atoms with E-state index in [1.54, 1.807) is 18.6 Å². The van der Waals surface area contributed by atoms with Gasteiger partial charge in [0.1, 0.15) is 6.61 Å². The first kappa shape index (κ1) is 35.2. The Bertz CT molecular complexity index is 2500. The maximum atomic E-state index is 14.5. The minimum absolute atomic E-state index is 0.187. The third-order valence-corrected chi connectivity index (χ3v) is 10.7. The number of fused-ring (bicyclic) bond motifs is 2. The first-order chi connectivity index (χ1) is 25.3. The Kier molecular flexibility index (Phi) is 10.2. The number of hydrogen-bond donors (Lipinski definition) is 0. The van der Waals surface area contributed by atoms with Gasteiger partial charge in [-0.3, -0.25) is 9.36 Å². The minimum Gasteiger partial charge on any atom is -0.493 e. The number of carbonyl (C=O) groups is 1. The van der Waals surface area contributed by atoms with Gasteiger partial charge >= 0.3 is 5.97 Å². The molecule has 0 radical (unpaired) electrons. The van der Waals surface area contributed by atoms with Crippen LogP contribution in [-0.2, 0) is 16.1 Å². The summed E-state index contributed by atoms with van der Waals surface area (Å²) >= 11 is 4.97. The monoisotopic (exact) mass is 772 g/mol. The Hall–Kier alpha value is -5.25. The summed E-state index contributed by atoms with van der Waals surface area (Å²) in [4.78, 5) is 33.7. The molecule has 1 aromatic heterocycles. The van der Waals surface area contributed by atoms with Crippen molar-refractivity contribution in [2.75, 3.05) is 13.7 Å². The van der Waals surface area contributed by atoms with Crippen LogP contribution in [0.3, 0.4) is 0 Å². The lowest BCUT2D eigenvalue weighted by Gasteiger charge is -2.26. The fraction of sp³-hybridized carbons (Fsp3) is 0.186. The number of esters is 1. The molecule has 2 heterocycles. The molecule has 9 heteroatoms. The van der Waals surface area contributed by atoms with Crippen LogP contribution < -0.4 is 24.4 Å². The Morgan fingerprint density at radius 1 is 0.962 bits per heavy atom. The van der Waals surface area contributed by atoms with Crippen molar-refractivity contribution in [1.82, 2.24) is 4.57 Å². The Morgan fingerprint density at radius 3 is 2.42 bits per heavy atom. The van der Waals surface area contributed by atoms with Crippen molar-refractivity contribution in [1.29, 1.82) is 0 Å². The number of nitrogens with zero attached hydrogens (tertiary/aromatic N) is 2. The summed E-state index contributed by atoms with van der Waals surface area (Å²) in [6.07, 6.45) is 1.82. The number of aromatic nitrogens is 1. The van der Waals surface area contributed by atoms with Gasteiger partial charge in [0.25, 0.3) is 5.56 Å². The summed E-state index contributed by atoms with van der Waals surface area (Å²) in [5.41, 5.74) is 5.05. The molecule has 7 nitrogen and oxygen atoms in total. The van der Waals surface area contributed by atoms with Crippen LogP contribution in [-0.4, -0.2) is 24.3 Å². The minimum atomic E-state index is -0.750. The lowest BCUT2D eigenvalue weighted by Crippen LogP contribution is -2.40. The van der Waals surface area contributed by atoms with E-state index in [2.05, 4.69) is 66.2 Å². The molecule has 0 fully saturated rings. The van der Waals surface area contributed by atoms with E-state index in [9.17, 15) is 9.59 Å². The molecule has 0 saturated heterocycles. The molecule has 262 valence electrons. The summed E-state index contributed by atoms with van der Waals surface area (Å²) in [6.45, 7) is 6.57. The van der Waals surface area contributed by atoms with Crippen LogP contribution in [0.25, 0.3) is 22.5 Å². The van der Waals surface area contributed by atoms with Crippen molar-refractivity contribution < 1.29 is 19.0 Å². The molecule has 1 atom stereocenters. The number of rotatable bonds is 10. The van der Waals surface area contributed by atoms with Gasteiger partial charge in [0.05, 0.1) is 40.0 Å². The van der Waals surface area contributed by atoms with E-state index in [-0.39, 0.29) is 12.2 Å². The quantitative estimate of drug-likeness (QED) is 0.131. The Labute approximate surface area is 314 Å². The number of halogens is 1. The lowest BCUT2D eigenvalue weighted by molar-refractivity contribution is -0.138. The van der Waals surface area contributed by atoms with Crippen LogP contribution >= 0.6 is 27.3 Å². The summed E-state index contributed by atoms with van der Waals surface area (Å²) in [6, 6.07) is 35.0. The second-order valence-corrected chi connectivity index (χ2v) is 14.6. The van der Waals surface area contributed by atoms with Crippen LogP contribution in [0.4, 0.5) is 0 Å². The molecule has 0 N–H and O–H groups in total. The highest BCUT2D eigenvalue weighted by Crippen LogP contribution is 2.38. The summed E-state index contributed by atoms with van der Waals surface area (Å²) < 4.78 is 20.5. The second-order valence-electron chi connectivity index (χ2n) is 12.7. The molecular formula is C43H37BrN2O5S. The number of thiazole rings is 1. The molecule has 0 unspecified atom stereocenters. The lowest BCUT2D eigenvalue weighted by atomic mass is 9.91. The molecule has 0 bridgehead atoms. The van der Waals surface area contributed by atoms with Crippen LogP contribution in [0.2, 0.25) is 0 Å². The number of benzene rings is 5. The SMILES string of the molecule is CCOC(=O)C1=C(c2ccccc2)N=c2s/c(=C\c3cc(Br)c(OCc4cccc5ccccc45)c(OC)c3)c(=O)n2[C@@H]1c1ccc(C(C)C)cc1. The van der Waals surface area contributed by atoms with E-state index in [1.807, 2.05) is 78.9 Å². The van der Waals surface area contributed by atoms with Crippen molar-refractivity contribution in [3.63, 3.8) is 0 Å². The zero-order valence-electron chi connectivity index (χ0n) is 29.3. The Balaban J connectivity index is 1.34. The van der Waals surface area contributed by atoms with Crippen LogP contribution in [0.1, 0.15) is 60.5 Å². The molecule has 1 aliphatic rings. The van der Waals surface area contributed by atoms with Crippen molar-refractivity contribution in [2.45, 2.75) is 39.3 Å². The normalized spacial score (nSPS) is 14.3. The zero-order valence-corrected chi connectivity index (χ0v) is 31.7. The molecule has 7 rings (SSSR count). The molecular weight excluding hydrogens is 736 g/mol. The third kappa shape index (κ3) is 6.86. The van der Waals surface area contributed by atoms with E-state index in [0.29, 0.717) is 49.1 Å². The van der Waals surface area contributed by atoms with Gasteiger partial charge < -0.3 is 14.2 Å². The van der Waals surface area contributed by atoms with E-state index in [4.69, 9.17) is 19.2 Å². The van der Waals surface area contributed by atoms with Crippen molar-refractivity contribution in [2.24, 2.45) is 4.99 Å². The zero-order chi connectivity index (χ0) is 36.4. The highest BCUT2D eigenvalue weighted by molar-refractivity contribution is 9.10. The molecule has 52 heavy (non-hydrogen) atoms. The maximum Gasteiger partial charge on any atom is 0.338 e. The predicted molar refractivity (Wildman–Crippen MR) is 211 cm³/mol. The summed E-state index contributed by atoms with van der Waals surface area (Å²) in [5.74, 6) is 0.894. The summed E-state index contributed by atoms with van der Waals surface area (Å²) in [5, 5.41) is 2.27. The molecule has 5 aromatic carbocycles. The van der Waals surface area contributed by atoms with Gasteiger partial charge in [0.2, 0.25) is 0 Å². The molecule has 1 aliphatic heterocycles. The number of methoxy groups -OCH3 is 1. The fourth-order valence-electron chi connectivity index (χ4n) is 6.50. The van der Waals surface area contributed by atoms with Crippen molar-refractivity contribution in [3.05, 3.63) is 167 Å². The molecule has 0 amide bonds. The second kappa shape index (κ2) is 15.2. The molecule has 6 aromatic rings. The molecule has 0 saturated carbocycles. The molecule has 0 aliphatic carbocycles. The average molecular weight is 774 g/mol. The first-order valence-corrected chi connectivity index (χ1v) is 18.7. The van der Waals surface area contributed by atoms with Gasteiger partial charge in [-0.05, 0) is 80.0 Å². The highest BCUT2D eigenvalue weighted by atomic mass is 79.9. The molecule has 0 spiro atoms. The van der Waals surface area contributed by atoms with E-state index >= 15 is 0 Å². The van der Waals surface area contributed by atoms with E-state index in [1.165, 1.54) is 11.3 Å². The van der Waals surface area contributed by atoms with Gasteiger partial charge in [0, 0.05) is 5.56 Å². The fourth-order valence-corrected chi connectivity index (χ4v) is 8.08. The van der Waals surface area contributed by atoms with E-state index < -0.39 is 12.0 Å². The highest BCUT2D eigenvalue weighted by Gasteiger charge is 2.35. The van der Waals surface area contributed by atoms with Crippen molar-refractivity contribution >= 4 is 55.8 Å². The number of ether oxygens (including phenoxy) is 3. The van der Waals surface area contributed by atoms with Gasteiger partial charge in [-0.1, -0.05) is 122 Å². The maximum absolute atomic E-state index is 14.5. The van der Waals surface area contributed by atoms with Crippen molar-refractivity contribution in [3.8, 4) is 11.5 Å². The summed E-state index contributed by atoms with van der Waals surface area (Å²) in [7, 11) is 1.59. The first-order valence-electron chi connectivity index (χ1n) is 17.1. The number of hydrogen-bond acceptors (Lipinski definition) is 7. The smallest absolute Gasteiger partial charge is 0.338 e. The van der Waals surface area contributed by atoms with E-state index in [0.717, 1.165) is 38.6 Å². The van der Waals surface area contributed by atoms with Gasteiger partial charge in [-0.25, -0.2) is 9.79 Å². The topological polar surface area (TPSA) is 79.1 Å². The van der Waals surface area contributed by atoms with Crippen LogP contribution in [0, 0.1) is 0 Å². The Morgan fingerprint density at radius 2 is 1.69 bits per heavy atom. The van der Waals surface area contributed by atoms with Crippen LogP contribution in [0.15, 0.2) is 129 Å². The number of carbonyl (C=O) groups excluding carboxylic acids is 1. The largest absolute Gasteiger partial charge is 0.493 e. The van der Waals surface area contributed by atoms with Gasteiger partial charge in [-0.15, -0.1) is 0 Å². The predicted octanol–water partition coefficient (Wildman–Crippen LogP) is 8.56.